The zero-order chi connectivity index (χ0) is 19.1. The second-order valence-electron chi connectivity index (χ2n) is 7.64. The maximum Gasteiger partial charge on any atom is 0.410 e. The lowest BCUT2D eigenvalue weighted by Gasteiger charge is -2.41. The Morgan fingerprint density at radius 1 is 1.31 bits per heavy atom. The third-order valence-electron chi connectivity index (χ3n) is 4.34. The number of rotatable bonds is 1. The van der Waals surface area contributed by atoms with Gasteiger partial charge in [0.05, 0.1) is 0 Å². The summed E-state index contributed by atoms with van der Waals surface area (Å²) in [6.07, 6.45) is -0.325. The Hall–Kier alpha value is -2.57. The van der Waals surface area contributed by atoms with E-state index in [-0.39, 0.29) is 23.5 Å². The second kappa shape index (κ2) is 6.63. The molecule has 1 amide bonds. The number of aromatic nitrogens is 1. The maximum atomic E-state index is 14.4. The summed E-state index contributed by atoms with van der Waals surface area (Å²) in [6, 6.07) is 6.29. The molecule has 0 saturated carbocycles. The van der Waals surface area contributed by atoms with Crippen LogP contribution < -0.4 is 4.90 Å². The van der Waals surface area contributed by atoms with Crippen LogP contribution in [0, 0.1) is 5.82 Å². The largest absolute Gasteiger partial charge is 0.493 e. The molecule has 7 heteroatoms. The van der Waals surface area contributed by atoms with E-state index >= 15 is 0 Å². The van der Waals surface area contributed by atoms with Crippen LogP contribution in [0.4, 0.5) is 14.9 Å². The molecule has 2 heterocycles. The highest BCUT2D eigenvalue weighted by Crippen LogP contribution is 2.27. The average molecular weight is 361 g/mol. The van der Waals surface area contributed by atoms with Crippen molar-refractivity contribution in [2.24, 2.45) is 0 Å². The van der Waals surface area contributed by atoms with Crippen molar-refractivity contribution < 1.29 is 19.0 Å². The molecule has 0 unspecified atom stereocenters. The van der Waals surface area contributed by atoms with E-state index in [2.05, 4.69) is 4.98 Å². The molecule has 1 aliphatic rings. The van der Waals surface area contributed by atoms with Gasteiger partial charge < -0.3 is 19.6 Å². The molecule has 1 N–H and O–H groups in total. The first-order chi connectivity index (χ1) is 12.1. The number of anilines is 1. The van der Waals surface area contributed by atoms with Gasteiger partial charge in [-0.1, -0.05) is 0 Å². The minimum atomic E-state index is -0.534. The average Bonchev–Trinajstić information content (AvgIpc) is 2.53. The number of ether oxygens (including phenoxy) is 1. The fourth-order valence-corrected chi connectivity index (χ4v) is 3.13. The van der Waals surface area contributed by atoms with Crippen LogP contribution in [0.5, 0.6) is 5.88 Å². The number of carbonyl (C=O) groups excluding carboxylic acids is 1. The first-order valence-corrected chi connectivity index (χ1v) is 8.68. The molecule has 0 radical (unpaired) electrons. The Kier molecular flexibility index (Phi) is 4.64. The van der Waals surface area contributed by atoms with Gasteiger partial charge in [-0.05, 0) is 45.9 Å². The van der Waals surface area contributed by atoms with E-state index in [1.807, 2.05) is 38.7 Å². The van der Waals surface area contributed by atoms with Crippen molar-refractivity contribution in [3.05, 3.63) is 30.1 Å². The normalized spacial score (nSPS) is 18.3. The summed E-state index contributed by atoms with van der Waals surface area (Å²) in [4.78, 5) is 19.9. The summed E-state index contributed by atoms with van der Waals surface area (Å²) in [5, 5.41) is 10.1. The quantitative estimate of drug-likeness (QED) is 0.842. The predicted molar refractivity (Wildman–Crippen MR) is 98.0 cm³/mol. The zero-order valence-corrected chi connectivity index (χ0v) is 15.5. The van der Waals surface area contributed by atoms with Crippen LogP contribution in [0.3, 0.4) is 0 Å². The molecule has 1 fully saturated rings. The molecular formula is C19H24FN3O3. The summed E-state index contributed by atoms with van der Waals surface area (Å²) < 4.78 is 19.8. The smallest absolute Gasteiger partial charge is 0.410 e. The second-order valence-corrected chi connectivity index (χ2v) is 7.64. The molecule has 0 bridgehead atoms. The number of carbonyl (C=O) groups is 1. The van der Waals surface area contributed by atoms with Crippen molar-refractivity contribution in [2.75, 3.05) is 24.5 Å². The number of benzene rings is 1. The Morgan fingerprint density at radius 3 is 2.69 bits per heavy atom. The molecule has 3 rings (SSSR count). The van der Waals surface area contributed by atoms with Crippen molar-refractivity contribution in [1.29, 1.82) is 0 Å². The highest BCUT2D eigenvalue weighted by atomic mass is 19.1. The lowest BCUT2D eigenvalue weighted by atomic mass is 10.1. The molecule has 1 aromatic carbocycles. The number of hydrogen-bond acceptors (Lipinski definition) is 5. The summed E-state index contributed by atoms with van der Waals surface area (Å²) in [7, 11) is 0. The van der Waals surface area contributed by atoms with E-state index < -0.39 is 11.4 Å². The van der Waals surface area contributed by atoms with Gasteiger partial charge in [-0.15, -0.1) is 0 Å². The number of nitrogens with zero attached hydrogens (tertiary/aromatic N) is 3. The number of hydrogen-bond donors (Lipinski definition) is 1. The summed E-state index contributed by atoms with van der Waals surface area (Å²) in [6.45, 7) is 9.15. The maximum absolute atomic E-state index is 14.4. The number of amides is 1. The van der Waals surface area contributed by atoms with Crippen LogP contribution >= 0.6 is 0 Å². The molecule has 1 atom stereocenters. The van der Waals surface area contributed by atoms with Gasteiger partial charge in [-0.2, -0.15) is 0 Å². The summed E-state index contributed by atoms with van der Waals surface area (Å²) in [5.41, 5.74) is 0.348. The first-order valence-electron chi connectivity index (χ1n) is 8.68. The third-order valence-corrected chi connectivity index (χ3v) is 4.34. The Balaban J connectivity index is 1.78. The van der Waals surface area contributed by atoms with Crippen LogP contribution in [0.15, 0.2) is 24.3 Å². The fraction of sp³-hybridized carbons (Fsp3) is 0.474. The highest BCUT2D eigenvalue weighted by Gasteiger charge is 2.31. The summed E-state index contributed by atoms with van der Waals surface area (Å²) in [5.74, 6) is -0.681. The van der Waals surface area contributed by atoms with E-state index in [1.54, 1.807) is 11.0 Å². The van der Waals surface area contributed by atoms with Crippen LogP contribution in [0.2, 0.25) is 0 Å². The van der Waals surface area contributed by atoms with Gasteiger partial charge in [-0.3, -0.25) is 0 Å². The topological polar surface area (TPSA) is 65.9 Å². The van der Waals surface area contributed by atoms with Crippen molar-refractivity contribution in [3.63, 3.8) is 0 Å². The van der Waals surface area contributed by atoms with E-state index in [1.165, 1.54) is 12.1 Å². The van der Waals surface area contributed by atoms with Crippen molar-refractivity contribution in [3.8, 4) is 5.88 Å². The minimum absolute atomic E-state index is 0.0599. The van der Waals surface area contributed by atoms with Gasteiger partial charge in [0.25, 0.3) is 0 Å². The van der Waals surface area contributed by atoms with E-state index in [4.69, 9.17) is 4.74 Å². The number of aromatic hydroxyl groups is 1. The first kappa shape index (κ1) is 18.2. The Bertz CT molecular complexity index is 835. The molecule has 6 nitrogen and oxygen atoms in total. The van der Waals surface area contributed by atoms with E-state index in [0.29, 0.717) is 25.0 Å². The Morgan fingerprint density at radius 2 is 2.04 bits per heavy atom. The van der Waals surface area contributed by atoms with Crippen LogP contribution in [-0.4, -0.2) is 52.4 Å². The standard InChI is InChI=1S/C19H24FN3O3/c1-12-11-22(7-8-23(12)18(25)26-19(2,3)4)14-9-13-5-6-16(24)21-17(13)15(20)10-14/h5-6,9-10,12H,7-8,11H2,1-4H3,(H,21,24)/t12-/m0/s1. The molecule has 1 aliphatic heterocycles. The van der Waals surface area contributed by atoms with E-state index in [9.17, 15) is 14.3 Å². The van der Waals surface area contributed by atoms with Gasteiger partial charge in [-0.25, -0.2) is 14.2 Å². The lowest BCUT2D eigenvalue weighted by molar-refractivity contribution is 0.0159. The fourth-order valence-electron chi connectivity index (χ4n) is 3.13. The molecule has 26 heavy (non-hydrogen) atoms. The molecule has 0 aliphatic carbocycles. The number of halogens is 1. The number of pyridine rings is 1. The van der Waals surface area contributed by atoms with Crippen LogP contribution in [0.25, 0.3) is 10.9 Å². The van der Waals surface area contributed by atoms with Crippen molar-refractivity contribution in [2.45, 2.75) is 39.3 Å². The van der Waals surface area contributed by atoms with Gasteiger partial charge in [0.1, 0.15) is 11.1 Å². The van der Waals surface area contributed by atoms with Gasteiger partial charge in [0.2, 0.25) is 5.88 Å². The SMILES string of the molecule is C[C@H]1CN(c2cc(F)c3nc(O)ccc3c2)CCN1C(=O)OC(C)(C)C. The van der Waals surface area contributed by atoms with Crippen LogP contribution in [-0.2, 0) is 4.74 Å². The van der Waals surface area contributed by atoms with Gasteiger partial charge >= 0.3 is 6.09 Å². The molecule has 1 aromatic heterocycles. The zero-order valence-electron chi connectivity index (χ0n) is 15.5. The lowest BCUT2D eigenvalue weighted by Crippen LogP contribution is -2.55. The van der Waals surface area contributed by atoms with E-state index in [0.717, 1.165) is 5.69 Å². The monoisotopic (exact) mass is 361 g/mol. The van der Waals surface area contributed by atoms with Crippen LogP contribution in [0.1, 0.15) is 27.7 Å². The molecular weight excluding hydrogens is 337 g/mol. The van der Waals surface area contributed by atoms with Gasteiger partial charge in [0.15, 0.2) is 5.82 Å². The Labute approximate surface area is 152 Å². The number of fused-ring (bicyclic) bond motifs is 1. The minimum Gasteiger partial charge on any atom is -0.493 e. The predicted octanol–water partition coefficient (Wildman–Crippen LogP) is 3.53. The number of piperazine rings is 1. The highest BCUT2D eigenvalue weighted by molar-refractivity contribution is 5.84. The van der Waals surface area contributed by atoms with Crippen molar-refractivity contribution in [1.82, 2.24) is 9.88 Å². The molecule has 140 valence electrons. The molecule has 1 saturated heterocycles. The third kappa shape index (κ3) is 3.81. The molecule has 0 spiro atoms. The van der Waals surface area contributed by atoms with Gasteiger partial charge in [0, 0.05) is 42.8 Å². The van der Waals surface area contributed by atoms with Crippen molar-refractivity contribution >= 4 is 22.7 Å². The molecule has 2 aromatic rings. The summed E-state index contributed by atoms with van der Waals surface area (Å²) >= 11 is 0.